The van der Waals surface area contributed by atoms with Crippen LogP contribution >= 0.6 is 0 Å². The second-order valence-corrected chi connectivity index (χ2v) is 6.17. The topological polar surface area (TPSA) is 70.1 Å². The van der Waals surface area contributed by atoms with E-state index in [0.29, 0.717) is 43.1 Å². The number of nitrogens with zero attached hydrogens (tertiary/aromatic N) is 2. The van der Waals surface area contributed by atoms with Crippen molar-refractivity contribution < 1.29 is 19.4 Å². The van der Waals surface area contributed by atoms with E-state index in [2.05, 4.69) is 0 Å². The van der Waals surface area contributed by atoms with Gasteiger partial charge in [0.2, 0.25) is 0 Å². The molecular weight excluding hydrogens is 332 g/mol. The Bertz CT molecular complexity index is 778. The van der Waals surface area contributed by atoms with Gasteiger partial charge in [0.25, 0.3) is 5.91 Å². The van der Waals surface area contributed by atoms with E-state index in [9.17, 15) is 9.59 Å². The number of carbonyl (C=O) groups excluding carboxylic acids is 1. The number of likely N-dealkylation sites (N-methyl/N-ethyl adjacent to an activating group) is 1. The van der Waals surface area contributed by atoms with Crippen molar-refractivity contribution in [2.24, 2.45) is 0 Å². The predicted octanol–water partition coefficient (Wildman–Crippen LogP) is 3.69. The maximum atomic E-state index is 13.1. The molecule has 26 heavy (non-hydrogen) atoms. The van der Waals surface area contributed by atoms with Crippen LogP contribution in [-0.2, 0) is 0 Å². The zero-order valence-corrected chi connectivity index (χ0v) is 14.7. The van der Waals surface area contributed by atoms with Crippen molar-refractivity contribution >= 4 is 12.0 Å². The fourth-order valence-corrected chi connectivity index (χ4v) is 3.24. The molecule has 0 radical (unpaired) electrons. The van der Waals surface area contributed by atoms with Crippen molar-refractivity contribution in [3.63, 3.8) is 0 Å². The molecule has 1 aliphatic rings. The number of benzene rings is 2. The summed E-state index contributed by atoms with van der Waals surface area (Å²) in [6, 6.07) is 16.3. The number of rotatable bonds is 5. The third-order valence-electron chi connectivity index (χ3n) is 4.56. The lowest BCUT2D eigenvalue weighted by Crippen LogP contribution is -2.42. The van der Waals surface area contributed by atoms with Crippen LogP contribution in [0.2, 0.25) is 0 Å². The molecule has 1 N–H and O–H groups in total. The summed E-state index contributed by atoms with van der Waals surface area (Å²) >= 11 is 0. The number of carbonyl (C=O) groups is 2. The van der Waals surface area contributed by atoms with E-state index in [4.69, 9.17) is 9.84 Å². The lowest BCUT2D eigenvalue weighted by Gasteiger charge is -2.28. The second kappa shape index (κ2) is 7.91. The molecule has 136 valence electrons. The smallest absolute Gasteiger partial charge is 0.407 e. The molecule has 0 aliphatic carbocycles. The molecule has 0 aromatic heterocycles. The maximum absolute atomic E-state index is 13.1. The van der Waals surface area contributed by atoms with Gasteiger partial charge in [-0.3, -0.25) is 4.79 Å². The highest BCUT2D eigenvalue weighted by atomic mass is 16.5. The summed E-state index contributed by atoms with van der Waals surface area (Å²) in [6.45, 7) is 3.21. The predicted molar refractivity (Wildman–Crippen MR) is 97.7 cm³/mol. The van der Waals surface area contributed by atoms with Gasteiger partial charge in [-0.15, -0.1) is 0 Å². The molecule has 2 aromatic rings. The van der Waals surface area contributed by atoms with Crippen LogP contribution in [0.5, 0.6) is 11.5 Å². The van der Waals surface area contributed by atoms with Gasteiger partial charge in [0.1, 0.15) is 11.5 Å². The summed E-state index contributed by atoms with van der Waals surface area (Å²) < 4.78 is 5.90. The maximum Gasteiger partial charge on any atom is 0.407 e. The Morgan fingerprint density at radius 1 is 1.15 bits per heavy atom. The fourth-order valence-electron chi connectivity index (χ4n) is 3.24. The lowest BCUT2D eigenvalue weighted by atomic mass is 10.1. The highest BCUT2D eigenvalue weighted by Crippen LogP contribution is 2.27. The summed E-state index contributed by atoms with van der Waals surface area (Å²) in [5.74, 6) is 1.01. The Morgan fingerprint density at radius 3 is 2.50 bits per heavy atom. The van der Waals surface area contributed by atoms with Gasteiger partial charge in [-0.1, -0.05) is 30.3 Å². The first-order valence-corrected chi connectivity index (χ1v) is 8.71. The Hall–Kier alpha value is -3.02. The first-order chi connectivity index (χ1) is 12.6. The molecule has 1 saturated heterocycles. The minimum atomic E-state index is -0.941. The van der Waals surface area contributed by atoms with Gasteiger partial charge in [-0.2, -0.15) is 0 Å². The Labute approximate surface area is 152 Å². The SMILES string of the molecule is CCN(C(=O)c1ccccc1Oc1ccccc1)[C@H]1CCN(C(=O)O)C1. The third-order valence-corrected chi connectivity index (χ3v) is 4.56. The van der Waals surface area contributed by atoms with E-state index < -0.39 is 6.09 Å². The number of ether oxygens (including phenoxy) is 1. The molecule has 1 atom stereocenters. The van der Waals surface area contributed by atoms with Crippen molar-refractivity contribution in [2.45, 2.75) is 19.4 Å². The number of likely N-dealkylation sites (tertiary alicyclic amines) is 1. The summed E-state index contributed by atoms with van der Waals surface area (Å²) in [5, 5.41) is 9.15. The number of hydrogen-bond acceptors (Lipinski definition) is 3. The highest BCUT2D eigenvalue weighted by molar-refractivity contribution is 5.97. The Balaban J connectivity index is 1.81. The largest absolute Gasteiger partial charge is 0.465 e. The van der Waals surface area contributed by atoms with Gasteiger partial charge in [-0.25, -0.2) is 4.79 Å². The monoisotopic (exact) mass is 354 g/mol. The van der Waals surface area contributed by atoms with Crippen molar-refractivity contribution in [3.05, 3.63) is 60.2 Å². The van der Waals surface area contributed by atoms with Gasteiger partial charge < -0.3 is 19.6 Å². The molecule has 0 spiro atoms. The summed E-state index contributed by atoms with van der Waals surface area (Å²) in [5.41, 5.74) is 0.479. The molecule has 0 unspecified atom stereocenters. The molecule has 2 amide bonds. The highest BCUT2D eigenvalue weighted by Gasteiger charge is 2.33. The van der Waals surface area contributed by atoms with Crippen molar-refractivity contribution in [1.29, 1.82) is 0 Å². The second-order valence-electron chi connectivity index (χ2n) is 6.17. The fraction of sp³-hybridized carbons (Fsp3) is 0.300. The number of hydrogen-bond donors (Lipinski definition) is 1. The molecule has 0 bridgehead atoms. The quantitative estimate of drug-likeness (QED) is 0.889. The summed E-state index contributed by atoms with van der Waals surface area (Å²) in [6.07, 6.45) is -0.294. The van der Waals surface area contributed by atoms with Crippen LogP contribution in [0.15, 0.2) is 54.6 Å². The third kappa shape index (κ3) is 3.79. The number of amides is 2. The molecule has 3 rings (SSSR count). The van der Waals surface area contributed by atoms with Crippen LogP contribution in [-0.4, -0.2) is 52.6 Å². The molecule has 1 fully saturated rings. The van der Waals surface area contributed by atoms with Crippen molar-refractivity contribution in [3.8, 4) is 11.5 Å². The van der Waals surface area contributed by atoms with Crippen LogP contribution in [0.4, 0.5) is 4.79 Å². The standard InChI is InChI=1S/C20H22N2O4/c1-2-22(15-12-13-21(14-15)20(24)25)19(23)17-10-6-7-11-18(17)26-16-8-4-3-5-9-16/h3-11,15H,2,12-14H2,1H3,(H,24,25)/t15-/m0/s1. The van der Waals surface area contributed by atoms with Crippen LogP contribution in [0, 0.1) is 0 Å². The van der Waals surface area contributed by atoms with Crippen LogP contribution in [0.25, 0.3) is 0 Å². The van der Waals surface area contributed by atoms with E-state index in [1.165, 1.54) is 4.90 Å². The Kier molecular flexibility index (Phi) is 5.41. The Morgan fingerprint density at radius 2 is 1.85 bits per heavy atom. The van der Waals surface area contributed by atoms with Crippen molar-refractivity contribution in [1.82, 2.24) is 9.80 Å². The van der Waals surface area contributed by atoms with E-state index >= 15 is 0 Å². The first-order valence-electron chi connectivity index (χ1n) is 8.71. The lowest BCUT2D eigenvalue weighted by molar-refractivity contribution is 0.0688. The van der Waals surface area contributed by atoms with Gasteiger partial charge in [-0.05, 0) is 37.6 Å². The van der Waals surface area contributed by atoms with Crippen LogP contribution < -0.4 is 4.74 Å². The normalized spacial score (nSPS) is 16.3. The van der Waals surface area contributed by atoms with Gasteiger partial charge in [0, 0.05) is 19.6 Å². The molecule has 1 aliphatic heterocycles. The first kappa shape index (κ1) is 17.8. The van der Waals surface area contributed by atoms with Crippen LogP contribution in [0.3, 0.4) is 0 Å². The van der Waals surface area contributed by atoms with Gasteiger partial charge in [0.15, 0.2) is 0 Å². The zero-order chi connectivity index (χ0) is 18.5. The molecule has 6 heteroatoms. The molecule has 2 aromatic carbocycles. The van der Waals surface area contributed by atoms with Gasteiger partial charge in [0.05, 0.1) is 11.6 Å². The van der Waals surface area contributed by atoms with Gasteiger partial charge >= 0.3 is 6.09 Å². The minimum Gasteiger partial charge on any atom is -0.465 e. The minimum absolute atomic E-state index is 0.117. The van der Waals surface area contributed by atoms with E-state index in [1.54, 1.807) is 23.1 Å². The number of carboxylic acid groups (broad SMARTS) is 1. The van der Waals surface area contributed by atoms with Crippen molar-refractivity contribution in [2.75, 3.05) is 19.6 Å². The van der Waals surface area contributed by atoms with E-state index in [1.807, 2.05) is 43.3 Å². The number of para-hydroxylation sites is 2. The average molecular weight is 354 g/mol. The summed E-state index contributed by atoms with van der Waals surface area (Å²) in [7, 11) is 0. The molecular formula is C20H22N2O4. The molecule has 0 saturated carbocycles. The van der Waals surface area contributed by atoms with Crippen LogP contribution in [0.1, 0.15) is 23.7 Å². The van der Waals surface area contributed by atoms with E-state index in [-0.39, 0.29) is 11.9 Å². The zero-order valence-electron chi connectivity index (χ0n) is 14.7. The summed E-state index contributed by atoms with van der Waals surface area (Å²) in [4.78, 5) is 27.4. The molecule has 1 heterocycles. The average Bonchev–Trinajstić information content (AvgIpc) is 3.14. The van der Waals surface area contributed by atoms with E-state index in [0.717, 1.165) is 0 Å². The molecule has 6 nitrogen and oxygen atoms in total.